The van der Waals surface area contributed by atoms with Gasteiger partial charge in [0, 0.05) is 36.7 Å². The highest BCUT2D eigenvalue weighted by Crippen LogP contribution is 2.24. The molecule has 3 heterocycles. The molecule has 2 N–H and O–H groups in total. The normalized spacial score (nSPS) is 14.5. The first-order chi connectivity index (χ1) is 16.3. The Morgan fingerprint density at radius 3 is 2.55 bits per heavy atom. The van der Waals surface area contributed by atoms with E-state index in [9.17, 15) is 4.79 Å². The molecule has 2 aromatic carbocycles. The van der Waals surface area contributed by atoms with Gasteiger partial charge in [-0.2, -0.15) is 0 Å². The molecule has 0 atom stereocenters. The first-order valence-electron chi connectivity index (χ1n) is 11.7. The summed E-state index contributed by atoms with van der Waals surface area (Å²) in [5, 5.41) is 12.7. The number of aromatic nitrogens is 3. The molecule has 0 spiro atoms. The zero-order valence-corrected chi connectivity index (χ0v) is 18.7. The van der Waals surface area contributed by atoms with E-state index in [1.54, 1.807) is 6.07 Å². The average molecular weight is 440 g/mol. The van der Waals surface area contributed by atoms with Gasteiger partial charge in [0.25, 0.3) is 5.91 Å². The SMILES string of the molecule is O=C(NCCc1c[nH]c2ccccc12)c1ccc(N2CCC(Cc3ccccc3)CC2)nn1. The monoisotopic (exact) mass is 439 g/mol. The molecule has 4 aromatic rings. The largest absolute Gasteiger partial charge is 0.361 e. The van der Waals surface area contributed by atoms with Gasteiger partial charge in [0.05, 0.1) is 0 Å². The van der Waals surface area contributed by atoms with Gasteiger partial charge >= 0.3 is 0 Å². The van der Waals surface area contributed by atoms with Crippen molar-refractivity contribution in [1.29, 1.82) is 0 Å². The van der Waals surface area contributed by atoms with Crippen molar-refractivity contribution < 1.29 is 4.79 Å². The second kappa shape index (κ2) is 9.86. The van der Waals surface area contributed by atoms with Crippen molar-refractivity contribution in [2.45, 2.75) is 25.7 Å². The summed E-state index contributed by atoms with van der Waals surface area (Å²) >= 11 is 0. The minimum atomic E-state index is -0.185. The topological polar surface area (TPSA) is 73.9 Å². The minimum Gasteiger partial charge on any atom is -0.361 e. The van der Waals surface area contributed by atoms with Gasteiger partial charge in [-0.25, -0.2) is 0 Å². The smallest absolute Gasteiger partial charge is 0.271 e. The first-order valence-corrected chi connectivity index (χ1v) is 11.7. The number of carbonyl (C=O) groups is 1. The van der Waals surface area contributed by atoms with Gasteiger partial charge in [0.1, 0.15) is 0 Å². The van der Waals surface area contributed by atoms with Crippen LogP contribution in [0.1, 0.15) is 34.5 Å². The fraction of sp³-hybridized carbons (Fsp3) is 0.296. The number of aromatic amines is 1. The van der Waals surface area contributed by atoms with E-state index >= 15 is 0 Å². The molecule has 0 saturated carbocycles. The third-order valence-electron chi connectivity index (χ3n) is 6.54. The van der Waals surface area contributed by atoms with E-state index < -0.39 is 0 Å². The van der Waals surface area contributed by atoms with E-state index in [0.29, 0.717) is 18.2 Å². The Morgan fingerprint density at radius 2 is 1.76 bits per heavy atom. The Balaban J connectivity index is 1.10. The molecule has 1 aliphatic heterocycles. The van der Waals surface area contributed by atoms with Crippen molar-refractivity contribution in [3.63, 3.8) is 0 Å². The second-order valence-electron chi connectivity index (χ2n) is 8.76. The van der Waals surface area contributed by atoms with Gasteiger partial charge in [0.15, 0.2) is 11.5 Å². The van der Waals surface area contributed by atoms with E-state index in [-0.39, 0.29) is 5.91 Å². The molecular formula is C27H29N5O. The number of rotatable bonds is 7. The lowest BCUT2D eigenvalue weighted by Crippen LogP contribution is -2.35. The van der Waals surface area contributed by atoms with Crippen LogP contribution < -0.4 is 10.2 Å². The van der Waals surface area contributed by atoms with Crippen LogP contribution in [0.15, 0.2) is 72.9 Å². The number of benzene rings is 2. The highest BCUT2D eigenvalue weighted by Gasteiger charge is 2.21. The predicted molar refractivity (Wildman–Crippen MR) is 131 cm³/mol. The standard InChI is InChI=1S/C27H29N5O/c33-27(28-15-12-22-19-29-24-9-5-4-8-23(22)24)25-10-11-26(31-30-25)32-16-13-21(14-17-32)18-20-6-2-1-3-7-20/h1-11,19,21,29H,12-18H2,(H,28,33). The number of hydrogen-bond donors (Lipinski definition) is 2. The van der Waals surface area contributed by atoms with Crippen LogP contribution in [0.2, 0.25) is 0 Å². The highest BCUT2D eigenvalue weighted by atomic mass is 16.1. The van der Waals surface area contributed by atoms with Crippen molar-refractivity contribution in [1.82, 2.24) is 20.5 Å². The maximum Gasteiger partial charge on any atom is 0.271 e. The molecule has 2 aromatic heterocycles. The van der Waals surface area contributed by atoms with Crippen LogP contribution in [-0.2, 0) is 12.8 Å². The number of para-hydroxylation sites is 1. The molecule has 1 aliphatic rings. The lowest BCUT2D eigenvalue weighted by atomic mass is 9.90. The maximum absolute atomic E-state index is 12.5. The number of nitrogens with one attached hydrogen (secondary N) is 2. The molecule has 168 valence electrons. The summed E-state index contributed by atoms with van der Waals surface area (Å²) in [6.45, 7) is 2.50. The Bertz CT molecular complexity index is 1190. The summed E-state index contributed by atoms with van der Waals surface area (Å²) < 4.78 is 0. The number of amides is 1. The van der Waals surface area contributed by atoms with E-state index in [2.05, 4.69) is 67.9 Å². The average Bonchev–Trinajstić information content (AvgIpc) is 3.28. The Kier molecular flexibility index (Phi) is 6.33. The zero-order valence-electron chi connectivity index (χ0n) is 18.7. The third-order valence-corrected chi connectivity index (χ3v) is 6.54. The molecular weight excluding hydrogens is 410 g/mol. The van der Waals surface area contributed by atoms with Crippen molar-refractivity contribution in [2.24, 2.45) is 5.92 Å². The Labute approximate surface area is 194 Å². The number of carbonyl (C=O) groups excluding carboxylic acids is 1. The fourth-order valence-corrected chi connectivity index (χ4v) is 4.67. The molecule has 5 rings (SSSR count). The van der Waals surface area contributed by atoms with Crippen LogP contribution in [0.5, 0.6) is 0 Å². The Hall–Kier alpha value is -3.67. The van der Waals surface area contributed by atoms with Gasteiger partial charge in [-0.1, -0.05) is 48.5 Å². The molecule has 1 saturated heterocycles. The van der Waals surface area contributed by atoms with Crippen LogP contribution in [0.4, 0.5) is 5.82 Å². The van der Waals surface area contributed by atoms with Gasteiger partial charge in [-0.05, 0) is 60.9 Å². The van der Waals surface area contributed by atoms with E-state index in [0.717, 1.165) is 50.1 Å². The van der Waals surface area contributed by atoms with Crippen LogP contribution in [0.25, 0.3) is 10.9 Å². The van der Waals surface area contributed by atoms with Crippen molar-refractivity contribution in [3.05, 3.63) is 89.7 Å². The van der Waals surface area contributed by atoms with Crippen molar-refractivity contribution in [2.75, 3.05) is 24.5 Å². The molecule has 0 radical (unpaired) electrons. The lowest BCUT2D eigenvalue weighted by molar-refractivity contribution is 0.0948. The Morgan fingerprint density at radius 1 is 0.970 bits per heavy atom. The number of H-pyrrole nitrogens is 1. The van der Waals surface area contributed by atoms with Crippen LogP contribution in [0.3, 0.4) is 0 Å². The first kappa shape index (κ1) is 21.2. The molecule has 1 fully saturated rings. The third kappa shape index (κ3) is 5.06. The van der Waals surface area contributed by atoms with Gasteiger partial charge < -0.3 is 15.2 Å². The minimum absolute atomic E-state index is 0.185. The van der Waals surface area contributed by atoms with Crippen LogP contribution >= 0.6 is 0 Å². The number of fused-ring (bicyclic) bond motifs is 1. The van der Waals surface area contributed by atoms with Crippen molar-refractivity contribution >= 4 is 22.6 Å². The van der Waals surface area contributed by atoms with Gasteiger partial charge in [-0.3, -0.25) is 4.79 Å². The van der Waals surface area contributed by atoms with Crippen molar-refractivity contribution in [3.8, 4) is 0 Å². The maximum atomic E-state index is 12.5. The van der Waals surface area contributed by atoms with Gasteiger partial charge in [0.2, 0.25) is 0 Å². The molecule has 33 heavy (non-hydrogen) atoms. The summed E-state index contributed by atoms with van der Waals surface area (Å²) in [4.78, 5) is 18.0. The molecule has 1 amide bonds. The molecule has 6 heteroatoms. The summed E-state index contributed by atoms with van der Waals surface area (Å²) in [6.07, 6.45) is 6.20. The molecule has 6 nitrogen and oxygen atoms in total. The highest BCUT2D eigenvalue weighted by molar-refractivity contribution is 5.92. The van der Waals surface area contributed by atoms with Crippen LogP contribution in [0, 0.1) is 5.92 Å². The van der Waals surface area contributed by atoms with Gasteiger partial charge in [-0.15, -0.1) is 10.2 Å². The zero-order chi connectivity index (χ0) is 22.5. The molecule has 0 aliphatic carbocycles. The predicted octanol–water partition coefficient (Wildman–Crippen LogP) is 4.39. The summed E-state index contributed by atoms with van der Waals surface area (Å²) in [7, 11) is 0. The second-order valence-corrected chi connectivity index (χ2v) is 8.76. The van der Waals surface area contributed by atoms with E-state index in [1.165, 1.54) is 16.5 Å². The summed E-state index contributed by atoms with van der Waals surface area (Å²) in [6, 6.07) is 22.6. The molecule has 0 bridgehead atoms. The fourth-order valence-electron chi connectivity index (χ4n) is 4.67. The van der Waals surface area contributed by atoms with E-state index in [1.807, 2.05) is 24.4 Å². The van der Waals surface area contributed by atoms with Crippen LogP contribution in [-0.4, -0.2) is 40.7 Å². The number of piperidine rings is 1. The lowest BCUT2D eigenvalue weighted by Gasteiger charge is -2.32. The quantitative estimate of drug-likeness (QED) is 0.448. The molecule has 0 unspecified atom stereocenters. The van der Waals surface area contributed by atoms with E-state index in [4.69, 9.17) is 0 Å². The summed E-state index contributed by atoms with van der Waals surface area (Å²) in [5.74, 6) is 1.37. The number of anilines is 1. The summed E-state index contributed by atoms with van der Waals surface area (Å²) in [5.41, 5.74) is 4.08. The number of hydrogen-bond acceptors (Lipinski definition) is 4. The number of nitrogens with zero attached hydrogens (tertiary/aromatic N) is 3.